The van der Waals surface area contributed by atoms with Crippen molar-refractivity contribution in [3.05, 3.63) is 29.3 Å². The summed E-state index contributed by atoms with van der Waals surface area (Å²) in [6.45, 7) is 1.30. The van der Waals surface area contributed by atoms with Crippen LogP contribution in [0.4, 0.5) is 5.69 Å². The molecular formula is C18H36N2O6Si2. The molecule has 0 fully saturated rings. The van der Waals surface area contributed by atoms with Crippen molar-refractivity contribution in [2.75, 3.05) is 61.1 Å². The molecule has 10 heteroatoms. The van der Waals surface area contributed by atoms with Gasteiger partial charge in [-0.1, -0.05) is 6.07 Å². The number of rotatable bonds is 15. The van der Waals surface area contributed by atoms with Crippen molar-refractivity contribution in [1.82, 2.24) is 0 Å². The minimum absolute atomic E-state index is 0.577. The second-order valence-electron chi connectivity index (χ2n) is 6.29. The Hall–Kier alpha value is -0.826. The van der Waals surface area contributed by atoms with Gasteiger partial charge in [-0.15, -0.1) is 0 Å². The molecule has 0 radical (unpaired) electrons. The lowest BCUT2D eigenvalue weighted by Gasteiger charge is -2.26. The van der Waals surface area contributed by atoms with Gasteiger partial charge in [0.15, 0.2) is 0 Å². The van der Waals surface area contributed by atoms with E-state index in [0.29, 0.717) is 18.6 Å². The molecule has 0 aliphatic rings. The van der Waals surface area contributed by atoms with Crippen LogP contribution in [0.25, 0.3) is 0 Å². The van der Waals surface area contributed by atoms with E-state index >= 15 is 0 Å². The summed E-state index contributed by atoms with van der Waals surface area (Å²) in [5.41, 5.74) is 9.07. The van der Waals surface area contributed by atoms with Crippen molar-refractivity contribution in [3.63, 3.8) is 0 Å². The van der Waals surface area contributed by atoms with Crippen molar-refractivity contribution < 1.29 is 26.6 Å². The quantitative estimate of drug-likeness (QED) is 0.406. The van der Waals surface area contributed by atoms with Crippen molar-refractivity contribution >= 4 is 23.3 Å². The zero-order valence-electron chi connectivity index (χ0n) is 18.0. The summed E-state index contributed by atoms with van der Waals surface area (Å²) in [4.78, 5) is 0. The highest BCUT2D eigenvalue weighted by molar-refractivity contribution is 6.61. The smallest absolute Gasteiger partial charge is 0.384 e. The Balaban J connectivity index is 3.04. The molecule has 28 heavy (non-hydrogen) atoms. The predicted octanol–water partition coefficient (Wildman–Crippen LogP) is 1.90. The first-order valence-electron chi connectivity index (χ1n) is 9.34. The van der Waals surface area contributed by atoms with E-state index in [-0.39, 0.29) is 0 Å². The van der Waals surface area contributed by atoms with E-state index in [4.69, 9.17) is 32.3 Å². The van der Waals surface area contributed by atoms with E-state index in [1.165, 1.54) is 11.1 Å². The third-order valence-electron chi connectivity index (χ3n) is 4.95. The van der Waals surface area contributed by atoms with Crippen LogP contribution in [0.5, 0.6) is 0 Å². The van der Waals surface area contributed by atoms with Crippen molar-refractivity contribution in [2.45, 2.75) is 24.9 Å². The fourth-order valence-electron chi connectivity index (χ4n) is 3.12. The molecule has 0 heterocycles. The van der Waals surface area contributed by atoms with E-state index < -0.39 is 17.6 Å². The van der Waals surface area contributed by atoms with Gasteiger partial charge in [0.25, 0.3) is 0 Å². The number of anilines is 1. The number of nitrogens with one attached hydrogen (secondary N) is 1. The molecule has 0 aromatic heterocycles. The second kappa shape index (κ2) is 12.7. The summed E-state index contributed by atoms with van der Waals surface area (Å²) in [6.07, 6.45) is 1.56. The Bertz CT molecular complexity index is 554. The lowest BCUT2D eigenvalue weighted by atomic mass is 10.0. The normalized spacial score (nSPS) is 12.4. The van der Waals surface area contributed by atoms with E-state index in [9.17, 15) is 0 Å². The van der Waals surface area contributed by atoms with Gasteiger partial charge in [-0.3, -0.25) is 0 Å². The average Bonchev–Trinajstić information content (AvgIpc) is 2.75. The lowest BCUT2D eigenvalue weighted by molar-refractivity contribution is 0.123. The first-order valence-corrected chi connectivity index (χ1v) is 13.2. The zero-order chi connectivity index (χ0) is 21.0. The first kappa shape index (κ1) is 25.2. The van der Waals surface area contributed by atoms with Crippen molar-refractivity contribution in [1.29, 1.82) is 0 Å². The second-order valence-corrected chi connectivity index (χ2v) is 12.5. The van der Waals surface area contributed by atoms with Gasteiger partial charge in [-0.25, -0.2) is 0 Å². The minimum Gasteiger partial charge on any atom is -0.384 e. The SMILES string of the molecule is CO[Si](CCc1ccc(NCCN)cc1CC[Si](OC)(OC)OC)(OC)OC. The molecule has 0 amide bonds. The van der Waals surface area contributed by atoms with Crippen LogP contribution in [0, 0.1) is 0 Å². The Labute approximate surface area is 171 Å². The molecule has 0 aliphatic carbocycles. The van der Waals surface area contributed by atoms with Gasteiger partial charge in [0.2, 0.25) is 0 Å². The van der Waals surface area contributed by atoms with Crippen LogP contribution in [-0.2, 0) is 39.4 Å². The molecule has 0 unspecified atom stereocenters. The first-order chi connectivity index (χ1) is 13.5. The molecular weight excluding hydrogens is 396 g/mol. The van der Waals surface area contributed by atoms with E-state index in [0.717, 1.165) is 25.1 Å². The molecule has 0 bridgehead atoms. The highest BCUT2D eigenvalue weighted by Crippen LogP contribution is 2.25. The number of benzene rings is 1. The van der Waals surface area contributed by atoms with Crippen molar-refractivity contribution in [3.8, 4) is 0 Å². The molecule has 0 spiro atoms. The van der Waals surface area contributed by atoms with Crippen LogP contribution in [0.1, 0.15) is 11.1 Å². The van der Waals surface area contributed by atoms with Crippen LogP contribution in [-0.4, -0.2) is 73.4 Å². The summed E-state index contributed by atoms with van der Waals surface area (Å²) >= 11 is 0. The lowest BCUT2D eigenvalue weighted by Crippen LogP contribution is -2.43. The maximum absolute atomic E-state index is 5.61. The molecule has 1 aromatic carbocycles. The predicted molar refractivity (Wildman–Crippen MR) is 115 cm³/mol. The minimum atomic E-state index is -2.65. The summed E-state index contributed by atoms with van der Waals surface area (Å²) in [7, 11) is 4.52. The third kappa shape index (κ3) is 6.90. The molecule has 1 aromatic rings. The number of hydrogen-bond donors (Lipinski definition) is 2. The Morgan fingerprint density at radius 3 is 1.64 bits per heavy atom. The van der Waals surface area contributed by atoms with Crippen LogP contribution < -0.4 is 11.1 Å². The van der Waals surface area contributed by atoms with E-state index in [2.05, 4.69) is 23.5 Å². The number of hydrogen-bond acceptors (Lipinski definition) is 8. The van der Waals surface area contributed by atoms with Gasteiger partial charge in [0.05, 0.1) is 0 Å². The van der Waals surface area contributed by atoms with Gasteiger partial charge in [0, 0.05) is 73.5 Å². The fourth-order valence-corrected chi connectivity index (χ4v) is 6.49. The molecule has 0 saturated carbocycles. The monoisotopic (exact) mass is 432 g/mol. The maximum atomic E-state index is 5.61. The number of nitrogens with two attached hydrogens (primary N) is 1. The largest absolute Gasteiger partial charge is 0.500 e. The summed E-state index contributed by atoms with van der Waals surface area (Å²) in [5, 5.41) is 3.33. The Morgan fingerprint density at radius 1 is 0.750 bits per heavy atom. The topological polar surface area (TPSA) is 93.4 Å². The average molecular weight is 433 g/mol. The molecule has 0 aliphatic heterocycles. The summed E-state index contributed by atoms with van der Waals surface area (Å²) < 4.78 is 33.4. The molecule has 0 atom stereocenters. The molecule has 8 nitrogen and oxygen atoms in total. The Kier molecular flexibility index (Phi) is 11.4. The van der Waals surface area contributed by atoms with Crippen LogP contribution >= 0.6 is 0 Å². The van der Waals surface area contributed by atoms with Gasteiger partial charge in [-0.2, -0.15) is 0 Å². The Morgan fingerprint density at radius 2 is 1.21 bits per heavy atom. The van der Waals surface area contributed by atoms with Crippen LogP contribution in [0.15, 0.2) is 18.2 Å². The molecule has 3 N–H and O–H groups in total. The molecule has 162 valence electrons. The summed E-state index contributed by atoms with van der Waals surface area (Å²) in [5.74, 6) is 0. The zero-order valence-corrected chi connectivity index (χ0v) is 20.0. The van der Waals surface area contributed by atoms with Crippen LogP contribution in [0.2, 0.25) is 12.1 Å². The highest BCUT2D eigenvalue weighted by Gasteiger charge is 2.39. The van der Waals surface area contributed by atoms with E-state index in [1.54, 1.807) is 42.7 Å². The van der Waals surface area contributed by atoms with Gasteiger partial charge in [-0.05, 0) is 36.1 Å². The maximum Gasteiger partial charge on any atom is 0.500 e. The van der Waals surface area contributed by atoms with Gasteiger partial charge in [0.1, 0.15) is 0 Å². The standard InChI is InChI=1S/C18H36N2O6Si2/c1-21-27(22-2,23-3)13-9-16-7-8-18(20-12-11-19)15-17(16)10-14-28(24-4,25-5)26-6/h7-8,15,20H,9-14,19H2,1-6H3. The van der Waals surface area contributed by atoms with Gasteiger partial charge >= 0.3 is 17.6 Å². The fraction of sp³-hybridized carbons (Fsp3) is 0.667. The van der Waals surface area contributed by atoms with Crippen LogP contribution in [0.3, 0.4) is 0 Å². The third-order valence-corrected chi connectivity index (χ3v) is 10.4. The summed E-state index contributed by atoms with van der Waals surface area (Å²) in [6, 6.07) is 7.73. The van der Waals surface area contributed by atoms with Crippen molar-refractivity contribution in [2.24, 2.45) is 5.73 Å². The van der Waals surface area contributed by atoms with E-state index in [1.807, 2.05) is 0 Å². The van der Waals surface area contributed by atoms with Gasteiger partial charge < -0.3 is 37.6 Å². The molecule has 1 rings (SSSR count). The molecule has 0 saturated heterocycles. The highest BCUT2D eigenvalue weighted by atomic mass is 28.4. The number of aryl methyl sites for hydroxylation is 2.